The summed E-state index contributed by atoms with van der Waals surface area (Å²) in [5.74, 6) is 1.05. The van der Waals surface area contributed by atoms with Crippen LogP contribution in [0.3, 0.4) is 0 Å². The third-order valence-electron chi connectivity index (χ3n) is 3.30. The molecular formula is C14H18N4O3. The van der Waals surface area contributed by atoms with Crippen LogP contribution >= 0.6 is 0 Å². The molecule has 0 saturated heterocycles. The van der Waals surface area contributed by atoms with Gasteiger partial charge < -0.3 is 10.1 Å². The fourth-order valence-corrected chi connectivity index (χ4v) is 2.20. The van der Waals surface area contributed by atoms with Gasteiger partial charge in [0, 0.05) is 19.7 Å². The molecule has 1 aromatic heterocycles. The molecule has 0 fully saturated rings. The van der Waals surface area contributed by atoms with E-state index in [1.807, 2.05) is 14.0 Å². The van der Waals surface area contributed by atoms with Gasteiger partial charge in [-0.1, -0.05) is 6.07 Å². The predicted octanol–water partition coefficient (Wildman–Crippen LogP) is 2.46. The average Bonchev–Trinajstić information content (AvgIpc) is 2.68. The zero-order valence-electron chi connectivity index (χ0n) is 12.5. The summed E-state index contributed by atoms with van der Waals surface area (Å²) in [7, 11) is 3.63. The van der Waals surface area contributed by atoms with Gasteiger partial charge in [0.25, 0.3) is 5.69 Å². The summed E-state index contributed by atoms with van der Waals surface area (Å²) in [6.07, 6.45) is 0. The summed E-state index contributed by atoms with van der Waals surface area (Å²) >= 11 is 0. The first-order valence-corrected chi connectivity index (χ1v) is 6.54. The summed E-state index contributed by atoms with van der Waals surface area (Å²) in [6.45, 7) is 4.19. The van der Waals surface area contributed by atoms with Crippen LogP contribution < -0.4 is 10.1 Å². The van der Waals surface area contributed by atoms with Gasteiger partial charge in [-0.3, -0.25) is 10.1 Å². The van der Waals surface area contributed by atoms with Crippen LogP contribution in [-0.4, -0.2) is 21.8 Å². The maximum atomic E-state index is 11.0. The Bertz CT molecular complexity index is 679. The first kappa shape index (κ1) is 15.0. The Labute approximate surface area is 122 Å². The van der Waals surface area contributed by atoms with Crippen LogP contribution in [0.2, 0.25) is 0 Å². The second-order valence-electron chi connectivity index (χ2n) is 4.78. The lowest BCUT2D eigenvalue weighted by atomic mass is 10.2. The molecule has 0 aliphatic heterocycles. The summed E-state index contributed by atoms with van der Waals surface area (Å²) in [5.41, 5.74) is 2.34. The van der Waals surface area contributed by atoms with E-state index >= 15 is 0 Å². The third-order valence-corrected chi connectivity index (χ3v) is 3.30. The number of nitrogens with one attached hydrogen (secondary N) is 1. The Morgan fingerprint density at radius 1 is 1.43 bits per heavy atom. The molecule has 21 heavy (non-hydrogen) atoms. The van der Waals surface area contributed by atoms with Crippen molar-refractivity contribution in [3.05, 3.63) is 45.1 Å². The van der Waals surface area contributed by atoms with Crippen molar-refractivity contribution in [1.29, 1.82) is 0 Å². The van der Waals surface area contributed by atoms with E-state index in [2.05, 4.69) is 10.4 Å². The fourth-order valence-electron chi connectivity index (χ4n) is 2.20. The van der Waals surface area contributed by atoms with Crippen molar-refractivity contribution in [2.75, 3.05) is 7.05 Å². The van der Waals surface area contributed by atoms with E-state index in [9.17, 15) is 10.1 Å². The van der Waals surface area contributed by atoms with Crippen LogP contribution in [0.15, 0.2) is 18.2 Å². The number of aromatic nitrogens is 2. The highest BCUT2D eigenvalue weighted by molar-refractivity contribution is 5.50. The zero-order valence-corrected chi connectivity index (χ0v) is 12.5. The number of ether oxygens (including phenoxy) is 1. The van der Waals surface area contributed by atoms with Crippen LogP contribution in [0.25, 0.3) is 0 Å². The quantitative estimate of drug-likeness (QED) is 0.675. The molecule has 0 bridgehead atoms. The molecule has 7 nitrogen and oxygen atoms in total. The minimum Gasteiger partial charge on any atom is -0.438 e. The Kier molecular flexibility index (Phi) is 4.23. The van der Waals surface area contributed by atoms with Gasteiger partial charge >= 0.3 is 0 Å². The van der Waals surface area contributed by atoms with Crippen molar-refractivity contribution in [2.45, 2.75) is 20.4 Å². The van der Waals surface area contributed by atoms with Gasteiger partial charge in [0.05, 0.1) is 21.7 Å². The summed E-state index contributed by atoms with van der Waals surface area (Å²) in [4.78, 5) is 10.6. The molecule has 7 heteroatoms. The standard InChI is InChI=1S/C14H18N4O3/c1-9-12(18(19)20)6-5-7-13(9)21-14-11(8-15-3)10(2)16-17(14)4/h5-7,15H,8H2,1-4H3. The third kappa shape index (κ3) is 2.87. The average molecular weight is 290 g/mol. The van der Waals surface area contributed by atoms with Gasteiger partial charge in [-0.2, -0.15) is 5.10 Å². The maximum Gasteiger partial charge on any atom is 0.276 e. The fraction of sp³-hybridized carbons (Fsp3) is 0.357. The Morgan fingerprint density at radius 3 is 2.76 bits per heavy atom. The van der Waals surface area contributed by atoms with Crippen LogP contribution in [0.4, 0.5) is 5.69 Å². The molecule has 0 radical (unpaired) electrons. The summed E-state index contributed by atoms with van der Waals surface area (Å²) < 4.78 is 7.53. The van der Waals surface area contributed by atoms with Crippen molar-refractivity contribution < 1.29 is 9.66 Å². The van der Waals surface area contributed by atoms with E-state index < -0.39 is 4.92 Å². The number of nitro groups is 1. The lowest BCUT2D eigenvalue weighted by Gasteiger charge is -2.11. The number of hydrogen-bond donors (Lipinski definition) is 1. The molecule has 0 spiro atoms. The monoisotopic (exact) mass is 290 g/mol. The molecule has 0 atom stereocenters. The maximum absolute atomic E-state index is 11.0. The Balaban J connectivity index is 2.43. The van der Waals surface area contributed by atoms with Crippen LogP contribution in [0.5, 0.6) is 11.6 Å². The summed E-state index contributed by atoms with van der Waals surface area (Å²) in [5, 5.41) is 18.4. The van der Waals surface area contributed by atoms with Gasteiger partial charge in [-0.25, -0.2) is 4.68 Å². The van der Waals surface area contributed by atoms with Crippen LogP contribution in [0.1, 0.15) is 16.8 Å². The first-order chi connectivity index (χ1) is 9.95. The van der Waals surface area contributed by atoms with Crippen molar-refractivity contribution in [3.63, 3.8) is 0 Å². The molecule has 0 saturated carbocycles. The predicted molar refractivity (Wildman–Crippen MR) is 78.6 cm³/mol. The minimum atomic E-state index is -0.412. The van der Waals surface area contributed by atoms with E-state index in [4.69, 9.17) is 4.74 Å². The lowest BCUT2D eigenvalue weighted by Crippen LogP contribution is -2.07. The normalized spacial score (nSPS) is 10.7. The molecule has 0 unspecified atom stereocenters. The van der Waals surface area contributed by atoms with Crippen molar-refractivity contribution in [2.24, 2.45) is 7.05 Å². The minimum absolute atomic E-state index is 0.0431. The lowest BCUT2D eigenvalue weighted by molar-refractivity contribution is -0.385. The van der Waals surface area contributed by atoms with Gasteiger partial charge in [0.2, 0.25) is 5.88 Å². The van der Waals surface area contributed by atoms with E-state index in [0.717, 1.165) is 11.3 Å². The van der Waals surface area contributed by atoms with E-state index in [-0.39, 0.29) is 5.69 Å². The number of nitrogens with zero attached hydrogens (tertiary/aromatic N) is 3. The topological polar surface area (TPSA) is 82.2 Å². The molecular weight excluding hydrogens is 272 g/mol. The Morgan fingerprint density at radius 2 is 2.14 bits per heavy atom. The second-order valence-corrected chi connectivity index (χ2v) is 4.78. The number of benzene rings is 1. The molecule has 2 rings (SSSR count). The van der Waals surface area contributed by atoms with E-state index in [1.54, 1.807) is 30.8 Å². The van der Waals surface area contributed by atoms with Gasteiger partial charge in [0.15, 0.2) is 0 Å². The molecule has 0 aliphatic rings. The highest BCUT2D eigenvalue weighted by Crippen LogP contribution is 2.33. The van der Waals surface area contributed by atoms with Crippen molar-refractivity contribution in [1.82, 2.24) is 15.1 Å². The van der Waals surface area contributed by atoms with Gasteiger partial charge in [-0.05, 0) is 27.0 Å². The second kappa shape index (κ2) is 5.92. The van der Waals surface area contributed by atoms with Crippen molar-refractivity contribution >= 4 is 5.69 Å². The molecule has 2 aromatic rings. The number of hydrogen-bond acceptors (Lipinski definition) is 5. The zero-order chi connectivity index (χ0) is 15.6. The highest BCUT2D eigenvalue weighted by Gasteiger charge is 2.19. The molecule has 1 heterocycles. The smallest absolute Gasteiger partial charge is 0.276 e. The molecule has 0 aliphatic carbocycles. The van der Waals surface area contributed by atoms with Gasteiger partial charge in [0.1, 0.15) is 5.75 Å². The number of nitro benzene ring substituents is 1. The van der Waals surface area contributed by atoms with Crippen molar-refractivity contribution in [3.8, 4) is 11.6 Å². The first-order valence-electron chi connectivity index (χ1n) is 6.54. The van der Waals surface area contributed by atoms with Crippen LogP contribution in [-0.2, 0) is 13.6 Å². The number of rotatable bonds is 5. The summed E-state index contributed by atoms with van der Waals surface area (Å²) in [6, 6.07) is 4.79. The molecule has 1 aromatic carbocycles. The van der Waals surface area contributed by atoms with Gasteiger partial charge in [-0.15, -0.1) is 0 Å². The van der Waals surface area contributed by atoms with E-state index in [0.29, 0.717) is 23.7 Å². The largest absolute Gasteiger partial charge is 0.438 e. The number of aryl methyl sites for hydroxylation is 2. The Hall–Kier alpha value is -2.41. The highest BCUT2D eigenvalue weighted by atomic mass is 16.6. The van der Waals surface area contributed by atoms with E-state index in [1.165, 1.54) is 6.07 Å². The van der Waals surface area contributed by atoms with Crippen LogP contribution in [0, 0.1) is 24.0 Å². The SMILES string of the molecule is CNCc1c(C)nn(C)c1Oc1cccc([N+](=O)[O-])c1C. The molecule has 0 amide bonds. The molecule has 112 valence electrons. The molecule has 1 N–H and O–H groups in total.